The van der Waals surface area contributed by atoms with E-state index in [0.717, 1.165) is 48.2 Å². The van der Waals surface area contributed by atoms with Crippen LogP contribution in [0.25, 0.3) is 33.7 Å². The van der Waals surface area contributed by atoms with Crippen molar-refractivity contribution >= 4 is 34.3 Å². The van der Waals surface area contributed by atoms with Crippen LogP contribution in [0.4, 0.5) is 5.82 Å². The molecule has 0 aliphatic carbocycles. The van der Waals surface area contributed by atoms with Crippen LogP contribution in [-0.4, -0.2) is 45.4 Å². The minimum Gasteiger partial charge on any atom is -0.466 e. The Morgan fingerprint density at radius 1 is 1.24 bits per heavy atom. The van der Waals surface area contributed by atoms with Gasteiger partial charge in [-0.05, 0) is 38.0 Å². The Labute approximate surface area is 196 Å². The van der Waals surface area contributed by atoms with Gasteiger partial charge in [0.25, 0.3) is 5.89 Å². The van der Waals surface area contributed by atoms with E-state index in [1.54, 1.807) is 13.1 Å². The Morgan fingerprint density at radius 3 is 2.88 bits per heavy atom. The molecule has 8 nitrogen and oxygen atoms in total. The number of aromatic nitrogens is 4. The number of hydrogen-bond donors (Lipinski definition) is 0. The van der Waals surface area contributed by atoms with Gasteiger partial charge in [-0.1, -0.05) is 28.9 Å². The second kappa shape index (κ2) is 9.23. The van der Waals surface area contributed by atoms with Crippen molar-refractivity contribution in [1.82, 2.24) is 19.7 Å². The van der Waals surface area contributed by atoms with Crippen LogP contribution >= 0.6 is 11.6 Å². The lowest BCUT2D eigenvalue weighted by Crippen LogP contribution is -2.19. The maximum Gasteiger partial charge on any atom is 0.307 e. The van der Waals surface area contributed by atoms with Gasteiger partial charge in [-0.3, -0.25) is 4.79 Å². The van der Waals surface area contributed by atoms with Crippen LogP contribution in [0.1, 0.15) is 26.2 Å². The first kappa shape index (κ1) is 21.5. The van der Waals surface area contributed by atoms with E-state index in [1.165, 1.54) is 0 Å². The lowest BCUT2D eigenvalue weighted by atomic mass is 10.1. The molecule has 0 unspecified atom stereocenters. The van der Waals surface area contributed by atoms with Gasteiger partial charge in [0.15, 0.2) is 0 Å². The molecule has 0 bridgehead atoms. The summed E-state index contributed by atoms with van der Waals surface area (Å²) in [7, 11) is 0. The maximum atomic E-state index is 11.7. The van der Waals surface area contributed by atoms with Crippen LogP contribution in [0, 0.1) is 0 Å². The summed E-state index contributed by atoms with van der Waals surface area (Å²) in [5.41, 5.74) is 2.52. The summed E-state index contributed by atoms with van der Waals surface area (Å²) in [6.07, 6.45) is 6.31. The van der Waals surface area contributed by atoms with Crippen molar-refractivity contribution in [2.75, 3.05) is 24.6 Å². The van der Waals surface area contributed by atoms with Crippen molar-refractivity contribution in [1.29, 1.82) is 0 Å². The zero-order chi connectivity index (χ0) is 22.8. The lowest BCUT2D eigenvalue weighted by Gasteiger charge is -2.17. The Balaban J connectivity index is 1.40. The first-order chi connectivity index (χ1) is 16.1. The van der Waals surface area contributed by atoms with Crippen molar-refractivity contribution in [3.63, 3.8) is 0 Å². The molecule has 1 aromatic carbocycles. The SMILES string of the molecule is CCOC(=O)CCn1ccc2c(-c3noc(-c4cnc(N5CCCC5)c(Cl)c4)n3)cccc21. The monoisotopic (exact) mass is 465 g/mol. The van der Waals surface area contributed by atoms with Crippen LogP contribution in [0.5, 0.6) is 0 Å². The van der Waals surface area contributed by atoms with Crippen LogP contribution in [0.15, 0.2) is 47.2 Å². The topological polar surface area (TPSA) is 86.3 Å². The molecule has 0 atom stereocenters. The van der Waals surface area contributed by atoms with Crippen molar-refractivity contribution in [2.45, 2.75) is 32.7 Å². The van der Waals surface area contributed by atoms with Gasteiger partial charge in [0.1, 0.15) is 5.82 Å². The number of aryl methyl sites for hydroxylation is 1. The number of halogens is 1. The Hall–Kier alpha value is -3.39. The highest BCUT2D eigenvalue weighted by Gasteiger charge is 2.19. The minimum absolute atomic E-state index is 0.207. The fraction of sp³-hybridized carbons (Fsp3) is 0.333. The fourth-order valence-corrected chi connectivity index (χ4v) is 4.50. The molecular weight excluding hydrogens is 442 g/mol. The highest BCUT2D eigenvalue weighted by Crippen LogP contribution is 2.32. The molecule has 1 aliphatic heterocycles. The average Bonchev–Trinajstić information content (AvgIpc) is 3.58. The number of hydrogen-bond acceptors (Lipinski definition) is 7. The smallest absolute Gasteiger partial charge is 0.307 e. The van der Waals surface area contributed by atoms with Gasteiger partial charge in [-0.25, -0.2) is 4.98 Å². The molecule has 1 aliphatic rings. The summed E-state index contributed by atoms with van der Waals surface area (Å²) in [6, 6.07) is 9.72. The van der Waals surface area contributed by atoms with Crippen LogP contribution in [0.2, 0.25) is 5.02 Å². The molecule has 4 aromatic rings. The lowest BCUT2D eigenvalue weighted by molar-refractivity contribution is -0.143. The zero-order valence-corrected chi connectivity index (χ0v) is 19.1. The molecule has 0 saturated carbocycles. The third kappa shape index (κ3) is 4.30. The molecule has 9 heteroatoms. The predicted molar refractivity (Wildman–Crippen MR) is 126 cm³/mol. The van der Waals surface area contributed by atoms with Crippen LogP contribution in [-0.2, 0) is 16.1 Å². The summed E-state index contributed by atoms with van der Waals surface area (Å²) >= 11 is 6.51. The normalized spacial score (nSPS) is 13.7. The highest BCUT2D eigenvalue weighted by atomic mass is 35.5. The maximum absolute atomic E-state index is 11.7. The summed E-state index contributed by atoms with van der Waals surface area (Å²) in [4.78, 5) is 23.1. The number of carbonyl (C=O) groups is 1. The summed E-state index contributed by atoms with van der Waals surface area (Å²) in [5.74, 6) is 1.44. The van der Waals surface area contributed by atoms with Gasteiger partial charge >= 0.3 is 5.97 Å². The molecule has 3 aromatic heterocycles. The van der Waals surface area contributed by atoms with E-state index in [0.29, 0.717) is 41.9 Å². The van der Waals surface area contributed by atoms with Crippen LogP contribution in [0.3, 0.4) is 0 Å². The Kier molecular flexibility index (Phi) is 6.00. The minimum atomic E-state index is -0.207. The van der Waals surface area contributed by atoms with Gasteiger partial charge in [-0.2, -0.15) is 4.98 Å². The second-order valence-electron chi connectivity index (χ2n) is 7.95. The van der Waals surface area contributed by atoms with E-state index in [-0.39, 0.29) is 5.97 Å². The number of fused-ring (bicyclic) bond motifs is 1. The first-order valence-electron chi connectivity index (χ1n) is 11.1. The van der Waals surface area contributed by atoms with Crippen molar-refractivity contribution < 1.29 is 14.1 Å². The third-order valence-corrected chi connectivity index (χ3v) is 6.10. The number of benzene rings is 1. The molecule has 5 rings (SSSR count). The predicted octanol–water partition coefficient (Wildman–Crippen LogP) is 4.96. The summed E-state index contributed by atoms with van der Waals surface area (Å²) < 4.78 is 12.6. The van der Waals surface area contributed by atoms with E-state index >= 15 is 0 Å². The number of anilines is 1. The van der Waals surface area contributed by atoms with E-state index < -0.39 is 0 Å². The average molecular weight is 466 g/mol. The molecule has 0 spiro atoms. The number of esters is 1. The van der Waals surface area contributed by atoms with Crippen molar-refractivity contribution in [2.24, 2.45) is 0 Å². The fourth-order valence-electron chi connectivity index (χ4n) is 4.22. The van der Waals surface area contributed by atoms with Crippen molar-refractivity contribution in [3.8, 4) is 22.8 Å². The van der Waals surface area contributed by atoms with Crippen molar-refractivity contribution in [3.05, 3.63) is 47.7 Å². The van der Waals surface area contributed by atoms with Crippen LogP contribution < -0.4 is 4.90 Å². The third-order valence-electron chi connectivity index (χ3n) is 5.82. The van der Waals surface area contributed by atoms with E-state index in [2.05, 4.69) is 20.0 Å². The quantitative estimate of drug-likeness (QED) is 0.356. The molecule has 1 saturated heterocycles. The Morgan fingerprint density at radius 2 is 2.09 bits per heavy atom. The molecule has 0 N–H and O–H groups in total. The summed E-state index contributed by atoms with van der Waals surface area (Å²) in [6.45, 7) is 4.68. The van der Waals surface area contributed by atoms with Gasteiger partial charge in [0, 0.05) is 48.5 Å². The molecule has 33 heavy (non-hydrogen) atoms. The second-order valence-corrected chi connectivity index (χ2v) is 8.36. The molecule has 0 radical (unpaired) electrons. The number of pyridine rings is 1. The zero-order valence-electron chi connectivity index (χ0n) is 18.3. The summed E-state index contributed by atoms with van der Waals surface area (Å²) in [5, 5.41) is 5.76. The first-order valence-corrected chi connectivity index (χ1v) is 11.5. The number of rotatable bonds is 7. The molecule has 4 heterocycles. The number of nitrogens with zero attached hydrogens (tertiary/aromatic N) is 5. The van der Waals surface area contributed by atoms with E-state index in [4.69, 9.17) is 20.9 Å². The Bertz CT molecular complexity index is 1290. The van der Waals surface area contributed by atoms with Gasteiger partial charge < -0.3 is 18.7 Å². The number of carbonyl (C=O) groups excluding carboxylic acids is 1. The van der Waals surface area contributed by atoms with E-state index in [9.17, 15) is 4.79 Å². The van der Waals surface area contributed by atoms with E-state index in [1.807, 2.05) is 41.1 Å². The van der Waals surface area contributed by atoms with Gasteiger partial charge in [0.05, 0.1) is 23.6 Å². The molecule has 0 amide bonds. The highest BCUT2D eigenvalue weighted by molar-refractivity contribution is 6.33. The molecular formula is C24H24ClN5O3. The standard InChI is InChI=1S/C24H24ClN5O3/c1-2-32-21(31)9-13-29-12-8-17-18(6-5-7-20(17)29)22-27-24(33-28-22)16-14-19(25)23(26-15-16)30-10-3-4-11-30/h5-8,12,14-15H,2-4,9-11,13H2,1H3. The largest absolute Gasteiger partial charge is 0.466 e. The number of ether oxygens (including phenoxy) is 1. The van der Waals surface area contributed by atoms with Gasteiger partial charge in [0.2, 0.25) is 5.82 Å². The van der Waals surface area contributed by atoms with Gasteiger partial charge in [-0.15, -0.1) is 0 Å². The molecule has 170 valence electrons. The molecule has 1 fully saturated rings.